The number of rotatable bonds is 5. The fraction of sp³-hybridized carbons (Fsp3) is 0.240. The third-order valence-electron chi connectivity index (χ3n) is 6.14. The Bertz CT molecular complexity index is 1330. The number of hydrogen-bond donors (Lipinski definition) is 2. The van der Waals surface area contributed by atoms with Crippen molar-refractivity contribution in [1.82, 2.24) is 19.8 Å². The van der Waals surface area contributed by atoms with Crippen molar-refractivity contribution >= 4 is 34.2 Å². The summed E-state index contributed by atoms with van der Waals surface area (Å²) in [7, 11) is 0. The van der Waals surface area contributed by atoms with E-state index in [1.807, 2.05) is 69.4 Å². The number of aromatic amines is 1. The van der Waals surface area contributed by atoms with E-state index in [-0.39, 0.29) is 23.5 Å². The number of H-pyrrole nitrogens is 1. The van der Waals surface area contributed by atoms with Gasteiger partial charge < -0.3 is 15.2 Å². The van der Waals surface area contributed by atoms with Crippen molar-refractivity contribution in [3.8, 4) is 0 Å². The van der Waals surface area contributed by atoms with E-state index in [4.69, 9.17) is 0 Å². The average molecular weight is 461 g/mol. The third kappa shape index (κ3) is 4.34. The summed E-state index contributed by atoms with van der Waals surface area (Å²) in [5.41, 5.74) is 3.23. The maximum Gasteiger partial charge on any atom is 0.326 e. The Hall–Kier alpha value is -3.65. The van der Waals surface area contributed by atoms with E-state index < -0.39 is 0 Å². The van der Waals surface area contributed by atoms with Crippen LogP contribution in [0.25, 0.3) is 11.0 Å². The average Bonchev–Trinajstić information content (AvgIpc) is 3.50. The lowest BCUT2D eigenvalue weighted by molar-refractivity contribution is 0.0694. The van der Waals surface area contributed by atoms with Gasteiger partial charge in [-0.2, -0.15) is 0 Å². The molecule has 5 rings (SSSR count). The van der Waals surface area contributed by atoms with E-state index in [9.17, 15) is 14.4 Å². The quantitative estimate of drug-likeness (QED) is 0.475. The van der Waals surface area contributed by atoms with Gasteiger partial charge in [0, 0.05) is 31.2 Å². The van der Waals surface area contributed by atoms with Gasteiger partial charge in [-0.25, -0.2) is 4.79 Å². The zero-order valence-electron chi connectivity index (χ0n) is 18.0. The Labute approximate surface area is 194 Å². The van der Waals surface area contributed by atoms with Crippen LogP contribution in [0, 0.1) is 0 Å². The van der Waals surface area contributed by atoms with Crippen LogP contribution >= 0.6 is 11.3 Å². The zero-order valence-corrected chi connectivity index (χ0v) is 18.8. The Morgan fingerprint density at radius 2 is 1.76 bits per heavy atom. The highest BCUT2D eigenvalue weighted by atomic mass is 32.1. The van der Waals surface area contributed by atoms with Gasteiger partial charge in [-0.3, -0.25) is 14.2 Å². The molecule has 1 aliphatic heterocycles. The van der Waals surface area contributed by atoms with E-state index in [2.05, 4.69) is 10.3 Å². The third-order valence-corrected chi connectivity index (χ3v) is 7.01. The molecule has 4 aromatic rings. The first-order valence-electron chi connectivity index (χ1n) is 11.0. The van der Waals surface area contributed by atoms with Gasteiger partial charge in [-0.15, -0.1) is 11.3 Å². The molecule has 0 aliphatic carbocycles. The van der Waals surface area contributed by atoms with E-state index in [1.165, 1.54) is 11.3 Å². The number of nitrogens with one attached hydrogen (secondary N) is 2. The number of aromatic nitrogens is 2. The number of hydrogen-bond acceptors (Lipinski definition) is 4. The molecule has 2 aromatic carbocycles. The first kappa shape index (κ1) is 21.2. The summed E-state index contributed by atoms with van der Waals surface area (Å²) in [6.45, 7) is 1.62. The van der Waals surface area contributed by atoms with Crippen LogP contribution in [-0.4, -0.2) is 39.4 Å². The zero-order chi connectivity index (χ0) is 22.8. The fourth-order valence-corrected chi connectivity index (χ4v) is 5.03. The molecule has 1 saturated heterocycles. The lowest BCUT2D eigenvalue weighted by Crippen LogP contribution is -2.40. The van der Waals surface area contributed by atoms with Crippen LogP contribution in [0.15, 0.2) is 70.8 Å². The molecule has 1 aliphatic rings. The second-order valence-corrected chi connectivity index (χ2v) is 9.15. The number of thiophene rings is 1. The van der Waals surface area contributed by atoms with Gasteiger partial charge >= 0.3 is 5.69 Å². The Morgan fingerprint density at radius 3 is 2.48 bits per heavy atom. The normalized spacial score (nSPS) is 14.5. The maximum atomic E-state index is 13.0. The first-order valence-corrected chi connectivity index (χ1v) is 11.9. The number of piperidine rings is 1. The van der Waals surface area contributed by atoms with Gasteiger partial charge in [0.25, 0.3) is 11.8 Å². The fourth-order valence-electron chi connectivity index (χ4n) is 4.39. The van der Waals surface area contributed by atoms with E-state index in [1.54, 1.807) is 6.07 Å². The van der Waals surface area contributed by atoms with Crippen molar-refractivity contribution < 1.29 is 9.59 Å². The van der Waals surface area contributed by atoms with Gasteiger partial charge in [0.2, 0.25) is 0 Å². The lowest BCUT2D eigenvalue weighted by Gasteiger charge is -2.32. The number of amides is 2. The van der Waals surface area contributed by atoms with Crippen LogP contribution in [0.1, 0.15) is 44.5 Å². The monoisotopic (exact) mass is 460 g/mol. The standard InChI is InChI=1S/C25H24N4O3S/c30-23(22-6-3-15-33-22)26-16-17-7-9-18(10-8-17)24(31)28-13-11-19(12-14-28)29-21-5-2-1-4-20(21)27-25(29)32/h1-10,15,19H,11-14,16H2,(H,26,30)(H,27,32). The highest BCUT2D eigenvalue weighted by molar-refractivity contribution is 7.12. The van der Waals surface area contributed by atoms with Crippen molar-refractivity contribution in [1.29, 1.82) is 0 Å². The van der Waals surface area contributed by atoms with Crippen molar-refractivity contribution in [2.45, 2.75) is 25.4 Å². The summed E-state index contributed by atoms with van der Waals surface area (Å²) < 4.78 is 1.83. The summed E-state index contributed by atoms with van der Waals surface area (Å²) in [5.74, 6) is -0.101. The number of carbonyl (C=O) groups excluding carboxylic acids is 2. The molecule has 168 valence electrons. The van der Waals surface area contributed by atoms with Gasteiger partial charge in [0.15, 0.2) is 0 Å². The van der Waals surface area contributed by atoms with E-state index in [0.29, 0.717) is 30.1 Å². The number of para-hydroxylation sites is 2. The molecule has 0 unspecified atom stereocenters. The minimum atomic E-state index is -0.0951. The first-order chi connectivity index (χ1) is 16.1. The highest BCUT2D eigenvalue weighted by Gasteiger charge is 2.26. The summed E-state index contributed by atoms with van der Waals surface area (Å²) in [4.78, 5) is 43.0. The lowest BCUT2D eigenvalue weighted by atomic mass is 10.0. The molecule has 2 amide bonds. The molecule has 1 fully saturated rings. The largest absolute Gasteiger partial charge is 0.347 e. The minimum Gasteiger partial charge on any atom is -0.347 e. The van der Waals surface area contributed by atoms with Gasteiger partial charge in [-0.05, 0) is 54.1 Å². The second kappa shape index (κ2) is 9.07. The van der Waals surface area contributed by atoms with Crippen LogP contribution in [0.3, 0.4) is 0 Å². The van der Waals surface area contributed by atoms with Gasteiger partial charge in [0.1, 0.15) is 0 Å². The molecule has 2 aromatic heterocycles. The molecule has 0 bridgehead atoms. The molecule has 0 saturated carbocycles. The van der Waals surface area contributed by atoms with Crippen LogP contribution in [-0.2, 0) is 6.54 Å². The molecular weight excluding hydrogens is 436 g/mol. The molecule has 3 heterocycles. The van der Waals surface area contributed by atoms with Crippen molar-refractivity contribution in [3.63, 3.8) is 0 Å². The van der Waals surface area contributed by atoms with Crippen molar-refractivity contribution in [2.75, 3.05) is 13.1 Å². The molecule has 7 nitrogen and oxygen atoms in total. The topological polar surface area (TPSA) is 87.2 Å². The highest BCUT2D eigenvalue weighted by Crippen LogP contribution is 2.25. The van der Waals surface area contributed by atoms with E-state index >= 15 is 0 Å². The van der Waals surface area contributed by atoms with Crippen LogP contribution < -0.4 is 11.0 Å². The Balaban J connectivity index is 1.19. The molecule has 2 N–H and O–H groups in total. The maximum absolute atomic E-state index is 13.0. The molecular formula is C25H24N4O3S. The smallest absolute Gasteiger partial charge is 0.326 e. The predicted molar refractivity (Wildman–Crippen MR) is 129 cm³/mol. The summed E-state index contributed by atoms with van der Waals surface area (Å²) in [6.07, 6.45) is 1.47. The van der Waals surface area contributed by atoms with E-state index in [0.717, 1.165) is 29.4 Å². The molecule has 33 heavy (non-hydrogen) atoms. The minimum absolute atomic E-state index is 0.00565. The molecule has 0 radical (unpaired) electrons. The summed E-state index contributed by atoms with van der Waals surface area (Å²) in [6, 6.07) is 18.8. The summed E-state index contributed by atoms with van der Waals surface area (Å²) >= 11 is 1.41. The number of likely N-dealkylation sites (tertiary alicyclic amines) is 1. The molecule has 0 spiro atoms. The second-order valence-electron chi connectivity index (χ2n) is 8.20. The summed E-state index contributed by atoms with van der Waals surface area (Å²) in [5, 5.41) is 4.77. The van der Waals surface area contributed by atoms with Crippen molar-refractivity contribution in [3.05, 3.63) is 92.5 Å². The number of benzene rings is 2. The van der Waals surface area contributed by atoms with Crippen LogP contribution in [0.2, 0.25) is 0 Å². The number of carbonyl (C=O) groups is 2. The number of nitrogens with zero attached hydrogens (tertiary/aromatic N) is 2. The molecule has 0 atom stereocenters. The number of fused-ring (bicyclic) bond motifs is 1. The molecule has 8 heteroatoms. The van der Waals surface area contributed by atoms with Crippen molar-refractivity contribution in [2.24, 2.45) is 0 Å². The van der Waals surface area contributed by atoms with Crippen LogP contribution in [0.5, 0.6) is 0 Å². The SMILES string of the molecule is O=C(NCc1ccc(C(=O)N2CCC(n3c(=O)[nH]c4ccccc43)CC2)cc1)c1cccs1. The van der Waals surface area contributed by atoms with Gasteiger partial charge in [0.05, 0.1) is 15.9 Å². The Morgan fingerprint density at radius 1 is 1.00 bits per heavy atom. The number of imidazole rings is 1. The van der Waals surface area contributed by atoms with Gasteiger partial charge in [-0.1, -0.05) is 30.3 Å². The predicted octanol–water partition coefficient (Wildman–Crippen LogP) is 3.80. The van der Waals surface area contributed by atoms with Crippen LogP contribution in [0.4, 0.5) is 0 Å². The Kier molecular flexibility index (Phi) is 5.83.